The number of allylic oxidation sites excluding steroid dienone is 1. The van der Waals surface area contributed by atoms with Crippen molar-refractivity contribution in [3.63, 3.8) is 0 Å². The van der Waals surface area contributed by atoms with Gasteiger partial charge in [0.15, 0.2) is 0 Å². The van der Waals surface area contributed by atoms with Crippen molar-refractivity contribution >= 4 is 10.1 Å². The first-order chi connectivity index (χ1) is 10.1. The molecule has 1 saturated carbocycles. The summed E-state index contributed by atoms with van der Waals surface area (Å²) >= 11 is 0. The normalized spacial score (nSPS) is 30.8. The second kappa shape index (κ2) is 7.77. The summed E-state index contributed by atoms with van der Waals surface area (Å²) in [6.45, 7) is 10.9. The lowest BCUT2D eigenvalue weighted by molar-refractivity contribution is 0.0627. The number of rotatable bonds is 8. The zero-order valence-electron chi connectivity index (χ0n) is 13.8. The standard InChI is InChI=1S/C16H29FO4S/c1-5-14-9-12(2)10-16(4,11-14)13(3)21-8-6-7-15(17)22(18,19)20/h12,14-15H,3,5-11H2,1-2,4H3,(H,18,19,20). The van der Waals surface area contributed by atoms with Gasteiger partial charge in [0.1, 0.15) is 0 Å². The van der Waals surface area contributed by atoms with Crippen LogP contribution in [0.15, 0.2) is 12.3 Å². The predicted molar refractivity (Wildman–Crippen MR) is 85.7 cm³/mol. The average Bonchev–Trinajstić information content (AvgIpc) is 2.40. The summed E-state index contributed by atoms with van der Waals surface area (Å²) in [5.41, 5.74) is -2.31. The Morgan fingerprint density at radius 2 is 2.14 bits per heavy atom. The van der Waals surface area contributed by atoms with Gasteiger partial charge in [0, 0.05) is 5.41 Å². The van der Waals surface area contributed by atoms with E-state index in [1.807, 2.05) is 0 Å². The smallest absolute Gasteiger partial charge is 0.297 e. The molecule has 0 heterocycles. The SMILES string of the molecule is C=C(OCCCC(F)S(=O)(=O)O)C1(C)CC(C)CC(CC)C1. The van der Waals surface area contributed by atoms with Gasteiger partial charge in [-0.2, -0.15) is 8.42 Å². The van der Waals surface area contributed by atoms with Crippen molar-refractivity contribution in [2.45, 2.75) is 64.8 Å². The molecule has 0 saturated heterocycles. The molecular formula is C16H29FO4S. The van der Waals surface area contributed by atoms with E-state index in [4.69, 9.17) is 9.29 Å². The molecule has 1 N–H and O–H groups in total. The first-order valence-corrected chi connectivity index (χ1v) is 9.51. The molecule has 0 aromatic carbocycles. The second-order valence-electron chi connectivity index (χ2n) is 6.92. The van der Waals surface area contributed by atoms with E-state index in [2.05, 4.69) is 27.4 Å². The van der Waals surface area contributed by atoms with Crippen molar-refractivity contribution in [2.75, 3.05) is 6.61 Å². The van der Waals surface area contributed by atoms with Gasteiger partial charge in [-0.1, -0.05) is 33.8 Å². The summed E-state index contributed by atoms with van der Waals surface area (Å²) in [5, 5.41) is 0. The number of ether oxygens (including phenoxy) is 1. The zero-order chi connectivity index (χ0) is 17.0. The Morgan fingerprint density at radius 3 is 2.68 bits per heavy atom. The fourth-order valence-corrected chi connectivity index (χ4v) is 3.99. The van der Waals surface area contributed by atoms with Crippen LogP contribution in [0.25, 0.3) is 0 Å². The molecule has 130 valence electrons. The Bertz CT molecular complexity index is 477. The van der Waals surface area contributed by atoms with E-state index in [0.717, 1.165) is 19.3 Å². The molecule has 1 rings (SSSR count). The minimum atomic E-state index is -4.60. The van der Waals surface area contributed by atoms with Crippen LogP contribution in [0.1, 0.15) is 59.3 Å². The molecule has 0 aromatic heterocycles. The van der Waals surface area contributed by atoms with Gasteiger partial charge in [0.25, 0.3) is 10.1 Å². The van der Waals surface area contributed by atoms with Crippen molar-refractivity contribution in [1.82, 2.24) is 0 Å². The second-order valence-corrected chi connectivity index (χ2v) is 8.46. The Kier molecular flexibility index (Phi) is 6.86. The fraction of sp³-hybridized carbons (Fsp3) is 0.875. The summed E-state index contributed by atoms with van der Waals surface area (Å²) in [4.78, 5) is 0. The topological polar surface area (TPSA) is 63.6 Å². The van der Waals surface area contributed by atoms with Crippen LogP contribution in [0.5, 0.6) is 0 Å². The highest BCUT2D eigenvalue weighted by Gasteiger charge is 2.38. The molecule has 6 heteroatoms. The van der Waals surface area contributed by atoms with Crippen molar-refractivity contribution < 1.29 is 22.1 Å². The van der Waals surface area contributed by atoms with Gasteiger partial charge in [-0.3, -0.25) is 4.55 Å². The maximum absolute atomic E-state index is 13.1. The lowest BCUT2D eigenvalue weighted by atomic mass is 9.65. The average molecular weight is 336 g/mol. The van der Waals surface area contributed by atoms with Gasteiger partial charge in [-0.25, -0.2) is 4.39 Å². The van der Waals surface area contributed by atoms with Gasteiger partial charge in [0.05, 0.1) is 12.4 Å². The van der Waals surface area contributed by atoms with Gasteiger partial charge in [-0.15, -0.1) is 0 Å². The number of hydrogen-bond acceptors (Lipinski definition) is 3. The minimum absolute atomic E-state index is 0.0729. The first kappa shape index (κ1) is 19.4. The lowest BCUT2D eigenvalue weighted by Gasteiger charge is -2.42. The highest BCUT2D eigenvalue weighted by molar-refractivity contribution is 7.86. The molecule has 1 aliphatic carbocycles. The van der Waals surface area contributed by atoms with Crippen LogP contribution in [0.3, 0.4) is 0 Å². The van der Waals surface area contributed by atoms with Crippen molar-refractivity contribution in [1.29, 1.82) is 0 Å². The van der Waals surface area contributed by atoms with Crippen molar-refractivity contribution in [3.8, 4) is 0 Å². The molecule has 0 spiro atoms. The third-order valence-electron chi connectivity index (χ3n) is 4.70. The molecule has 0 aromatic rings. The van der Waals surface area contributed by atoms with Crippen molar-refractivity contribution in [3.05, 3.63) is 12.3 Å². The van der Waals surface area contributed by atoms with E-state index in [1.54, 1.807) is 0 Å². The Balaban J connectivity index is 2.44. The van der Waals surface area contributed by atoms with Crippen LogP contribution in [0, 0.1) is 17.3 Å². The number of hydrogen-bond donors (Lipinski definition) is 1. The quantitative estimate of drug-likeness (QED) is 0.407. The van der Waals surface area contributed by atoms with Crippen LogP contribution >= 0.6 is 0 Å². The lowest BCUT2D eigenvalue weighted by Crippen LogP contribution is -2.32. The zero-order valence-corrected chi connectivity index (χ0v) is 14.7. The summed E-state index contributed by atoms with van der Waals surface area (Å²) in [7, 11) is -4.60. The molecule has 1 fully saturated rings. The van der Waals surface area contributed by atoms with Crippen LogP contribution < -0.4 is 0 Å². The van der Waals surface area contributed by atoms with Crippen LogP contribution in [0.2, 0.25) is 0 Å². The maximum Gasteiger partial charge on any atom is 0.297 e. The van der Waals surface area contributed by atoms with Crippen LogP contribution in [-0.2, 0) is 14.9 Å². The van der Waals surface area contributed by atoms with E-state index in [1.165, 1.54) is 6.42 Å². The summed E-state index contributed by atoms with van der Waals surface area (Å²) in [6.07, 6.45) is 4.41. The highest BCUT2D eigenvalue weighted by atomic mass is 32.2. The Morgan fingerprint density at radius 1 is 1.50 bits per heavy atom. The van der Waals surface area contributed by atoms with E-state index in [0.29, 0.717) is 17.6 Å². The molecule has 22 heavy (non-hydrogen) atoms. The van der Waals surface area contributed by atoms with Gasteiger partial charge in [-0.05, 0) is 43.9 Å². The van der Waals surface area contributed by atoms with Gasteiger partial charge in [0.2, 0.25) is 5.50 Å². The molecule has 0 aliphatic heterocycles. The monoisotopic (exact) mass is 336 g/mol. The third kappa shape index (κ3) is 5.54. The first-order valence-electron chi connectivity index (χ1n) is 8.01. The third-order valence-corrected chi connectivity index (χ3v) is 5.58. The van der Waals surface area contributed by atoms with Crippen LogP contribution in [-0.4, -0.2) is 25.1 Å². The van der Waals surface area contributed by atoms with Crippen LogP contribution in [0.4, 0.5) is 4.39 Å². The molecule has 0 bridgehead atoms. The van der Waals surface area contributed by atoms with E-state index in [9.17, 15) is 12.8 Å². The Hall–Kier alpha value is -0.620. The predicted octanol–water partition coefficient (Wildman–Crippen LogP) is 4.33. The largest absolute Gasteiger partial charge is 0.498 e. The van der Waals surface area contributed by atoms with E-state index in [-0.39, 0.29) is 24.9 Å². The molecule has 4 atom stereocenters. The Labute approximate surface area is 133 Å². The summed E-state index contributed by atoms with van der Waals surface area (Å²) in [5.74, 6) is 2.00. The number of alkyl halides is 1. The minimum Gasteiger partial charge on any atom is -0.498 e. The van der Waals surface area contributed by atoms with Crippen molar-refractivity contribution in [2.24, 2.45) is 17.3 Å². The fourth-order valence-electron chi connectivity index (χ4n) is 3.53. The molecule has 0 radical (unpaired) electrons. The van der Waals surface area contributed by atoms with Gasteiger partial charge < -0.3 is 4.74 Å². The molecule has 1 aliphatic rings. The molecule has 0 amide bonds. The van der Waals surface area contributed by atoms with E-state index < -0.39 is 15.6 Å². The highest BCUT2D eigenvalue weighted by Crippen LogP contribution is 2.47. The maximum atomic E-state index is 13.1. The molecule has 4 unspecified atom stereocenters. The summed E-state index contributed by atoms with van der Waals surface area (Å²) < 4.78 is 48.5. The number of halogens is 1. The van der Waals surface area contributed by atoms with E-state index >= 15 is 0 Å². The molecular weight excluding hydrogens is 307 g/mol. The van der Waals surface area contributed by atoms with Gasteiger partial charge >= 0.3 is 0 Å². The summed E-state index contributed by atoms with van der Waals surface area (Å²) in [6, 6.07) is 0. The molecule has 4 nitrogen and oxygen atoms in total.